The highest BCUT2D eigenvalue weighted by Gasteiger charge is 2.02. The number of hydrogen-bond donors (Lipinski definition) is 1. The second-order valence-electron chi connectivity index (χ2n) is 3.76. The Hall–Kier alpha value is -1.33. The topological polar surface area (TPSA) is 12.0 Å². The fourth-order valence-corrected chi connectivity index (χ4v) is 1.39. The van der Waals surface area contributed by atoms with E-state index in [1.807, 2.05) is 13.8 Å². The molecule has 1 unspecified atom stereocenters. The SMILES string of the molecule is C#CCC(C)NCc1ccc(F)cc1C. The zero-order valence-electron chi connectivity index (χ0n) is 9.18. The molecule has 0 saturated heterocycles. The smallest absolute Gasteiger partial charge is 0.123 e. The summed E-state index contributed by atoms with van der Waals surface area (Å²) in [5.41, 5.74) is 2.08. The van der Waals surface area contributed by atoms with E-state index in [0.717, 1.165) is 17.7 Å². The van der Waals surface area contributed by atoms with Crippen molar-refractivity contribution in [3.63, 3.8) is 0 Å². The highest BCUT2D eigenvalue weighted by atomic mass is 19.1. The number of nitrogens with one attached hydrogen (secondary N) is 1. The van der Waals surface area contributed by atoms with Gasteiger partial charge in [0.2, 0.25) is 0 Å². The highest BCUT2D eigenvalue weighted by Crippen LogP contribution is 2.10. The molecule has 1 aromatic rings. The van der Waals surface area contributed by atoms with Crippen LogP contribution >= 0.6 is 0 Å². The summed E-state index contributed by atoms with van der Waals surface area (Å²) in [4.78, 5) is 0. The Kier molecular flexibility index (Phi) is 4.33. The van der Waals surface area contributed by atoms with Crippen molar-refractivity contribution >= 4 is 0 Å². The molecule has 0 bridgehead atoms. The van der Waals surface area contributed by atoms with E-state index in [9.17, 15) is 4.39 Å². The maximum absolute atomic E-state index is 12.8. The largest absolute Gasteiger partial charge is 0.309 e. The molecule has 0 aromatic heterocycles. The normalized spacial score (nSPS) is 12.1. The molecule has 0 aliphatic carbocycles. The van der Waals surface area contributed by atoms with Crippen molar-refractivity contribution in [2.45, 2.75) is 32.9 Å². The maximum Gasteiger partial charge on any atom is 0.123 e. The van der Waals surface area contributed by atoms with Gasteiger partial charge in [-0.1, -0.05) is 6.07 Å². The van der Waals surface area contributed by atoms with Gasteiger partial charge in [0, 0.05) is 19.0 Å². The third-order valence-corrected chi connectivity index (χ3v) is 2.37. The molecule has 2 heteroatoms. The van der Waals surface area contributed by atoms with E-state index in [1.165, 1.54) is 6.07 Å². The molecular formula is C13H16FN. The molecule has 0 fully saturated rings. The molecule has 0 heterocycles. The quantitative estimate of drug-likeness (QED) is 0.745. The van der Waals surface area contributed by atoms with Crippen molar-refractivity contribution < 1.29 is 4.39 Å². The van der Waals surface area contributed by atoms with Gasteiger partial charge in [0.15, 0.2) is 0 Å². The summed E-state index contributed by atoms with van der Waals surface area (Å²) in [6.45, 7) is 4.68. The van der Waals surface area contributed by atoms with Crippen LogP contribution in [0.1, 0.15) is 24.5 Å². The van der Waals surface area contributed by atoms with Gasteiger partial charge in [-0.2, -0.15) is 0 Å². The Morgan fingerprint density at radius 2 is 2.27 bits per heavy atom. The van der Waals surface area contributed by atoms with Crippen molar-refractivity contribution in [2.24, 2.45) is 0 Å². The predicted octanol–water partition coefficient (Wildman–Crippen LogP) is 2.64. The third kappa shape index (κ3) is 3.73. The molecule has 1 atom stereocenters. The average Bonchev–Trinajstić information content (AvgIpc) is 2.17. The molecular weight excluding hydrogens is 189 g/mol. The first kappa shape index (κ1) is 11.7. The molecule has 1 nitrogen and oxygen atoms in total. The Morgan fingerprint density at radius 3 is 2.87 bits per heavy atom. The van der Waals surface area contributed by atoms with Crippen molar-refractivity contribution in [1.29, 1.82) is 0 Å². The minimum atomic E-state index is -0.187. The Labute approximate surface area is 90.7 Å². The van der Waals surface area contributed by atoms with Crippen LogP contribution in [-0.2, 0) is 6.54 Å². The monoisotopic (exact) mass is 205 g/mol. The number of hydrogen-bond acceptors (Lipinski definition) is 1. The number of terminal acetylenes is 1. The van der Waals surface area contributed by atoms with Crippen molar-refractivity contribution in [3.8, 4) is 12.3 Å². The summed E-state index contributed by atoms with van der Waals surface area (Å²) in [5.74, 6) is 2.42. The Morgan fingerprint density at radius 1 is 1.53 bits per heavy atom. The first-order valence-electron chi connectivity index (χ1n) is 5.05. The van der Waals surface area contributed by atoms with Crippen LogP contribution in [-0.4, -0.2) is 6.04 Å². The van der Waals surface area contributed by atoms with Crippen molar-refractivity contribution in [2.75, 3.05) is 0 Å². The van der Waals surface area contributed by atoms with Crippen LogP contribution in [0.3, 0.4) is 0 Å². The first-order valence-corrected chi connectivity index (χ1v) is 5.05. The van der Waals surface area contributed by atoms with Crippen LogP contribution in [0.5, 0.6) is 0 Å². The fraction of sp³-hybridized carbons (Fsp3) is 0.385. The van der Waals surface area contributed by atoms with E-state index in [1.54, 1.807) is 12.1 Å². The second kappa shape index (κ2) is 5.53. The zero-order chi connectivity index (χ0) is 11.3. The van der Waals surface area contributed by atoms with Gasteiger partial charge < -0.3 is 5.32 Å². The lowest BCUT2D eigenvalue weighted by atomic mass is 10.1. The van der Waals surface area contributed by atoms with Gasteiger partial charge in [0.1, 0.15) is 5.82 Å². The van der Waals surface area contributed by atoms with Gasteiger partial charge in [-0.15, -0.1) is 12.3 Å². The van der Waals surface area contributed by atoms with E-state index in [-0.39, 0.29) is 5.82 Å². The maximum atomic E-state index is 12.8. The lowest BCUT2D eigenvalue weighted by molar-refractivity contribution is 0.557. The van der Waals surface area contributed by atoms with E-state index in [2.05, 4.69) is 11.2 Å². The molecule has 0 radical (unpaired) electrons. The Balaban J connectivity index is 2.55. The summed E-state index contributed by atoms with van der Waals surface area (Å²) in [6.07, 6.45) is 5.92. The minimum Gasteiger partial charge on any atom is -0.309 e. The number of rotatable bonds is 4. The Bertz CT molecular complexity index is 365. The summed E-state index contributed by atoms with van der Waals surface area (Å²) in [7, 11) is 0. The lowest BCUT2D eigenvalue weighted by Crippen LogP contribution is -2.25. The molecule has 0 aliphatic heterocycles. The van der Waals surface area contributed by atoms with Crippen LogP contribution in [0.2, 0.25) is 0 Å². The van der Waals surface area contributed by atoms with Crippen LogP contribution in [0.4, 0.5) is 4.39 Å². The molecule has 15 heavy (non-hydrogen) atoms. The zero-order valence-corrected chi connectivity index (χ0v) is 9.18. The van der Waals surface area contributed by atoms with Gasteiger partial charge >= 0.3 is 0 Å². The molecule has 1 rings (SSSR count). The number of benzene rings is 1. The van der Waals surface area contributed by atoms with E-state index in [0.29, 0.717) is 12.5 Å². The van der Waals surface area contributed by atoms with Gasteiger partial charge in [-0.3, -0.25) is 0 Å². The van der Waals surface area contributed by atoms with E-state index in [4.69, 9.17) is 6.42 Å². The third-order valence-electron chi connectivity index (χ3n) is 2.37. The molecule has 80 valence electrons. The molecule has 1 N–H and O–H groups in total. The molecule has 0 saturated carbocycles. The number of halogens is 1. The van der Waals surface area contributed by atoms with Gasteiger partial charge in [-0.25, -0.2) is 4.39 Å². The standard InChI is InChI=1S/C13H16FN/c1-4-5-11(3)15-9-12-6-7-13(14)8-10(12)2/h1,6-8,11,15H,5,9H2,2-3H3. The summed E-state index contributed by atoms with van der Waals surface area (Å²) < 4.78 is 12.8. The van der Waals surface area contributed by atoms with E-state index >= 15 is 0 Å². The van der Waals surface area contributed by atoms with Gasteiger partial charge in [-0.05, 0) is 37.1 Å². The fourth-order valence-electron chi connectivity index (χ4n) is 1.39. The molecule has 1 aromatic carbocycles. The molecule has 0 spiro atoms. The van der Waals surface area contributed by atoms with E-state index < -0.39 is 0 Å². The second-order valence-corrected chi connectivity index (χ2v) is 3.76. The van der Waals surface area contributed by atoms with Crippen molar-refractivity contribution in [1.82, 2.24) is 5.32 Å². The summed E-state index contributed by atoms with van der Waals surface area (Å²) >= 11 is 0. The number of aryl methyl sites for hydroxylation is 1. The average molecular weight is 205 g/mol. The summed E-state index contributed by atoms with van der Waals surface area (Å²) in [6, 6.07) is 5.12. The highest BCUT2D eigenvalue weighted by molar-refractivity contribution is 5.26. The van der Waals surface area contributed by atoms with Gasteiger partial charge in [0.25, 0.3) is 0 Å². The predicted molar refractivity (Wildman–Crippen MR) is 60.9 cm³/mol. The van der Waals surface area contributed by atoms with Crippen LogP contribution < -0.4 is 5.32 Å². The first-order chi connectivity index (χ1) is 7.13. The summed E-state index contributed by atoms with van der Waals surface area (Å²) in [5, 5.41) is 3.30. The van der Waals surface area contributed by atoms with Gasteiger partial charge in [0.05, 0.1) is 0 Å². The van der Waals surface area contributed by atoms with Crippen LogP contribution in [0, 0.1) is 25.1 Å². The molecule has 0 amide bonds. The molecule has 0 aliphatic rings. The lowest BCUT2D eigenvalue weighted by Gasteiger charge is -2.12. The van der Waals surface area contributed by atoms with Crippen molar-refractivity contribution in [3.05, 3.63) is 35.1 Å². The van der Waals surface area contributed by atoms with Crippen LogP contribution in [0.25, 0.3) is 0 Å². The minimum absolute atomic E-state index is 0.187. The van der Waals surface area contributed by atoms with Crippen LogP contribution in [0.15, 0.2) is 18.2 Å².